The van der Waals surface area contributed by atoms with E-state index in [0.29, 0.717) is 19.3 Å². The zero-order valence-corrected chi connectivity index (χ0v) is 18.0. The highest BCUT2D eigenvalue weighted by atomic mass is 35.5. The van der Waals surface area contributed by atoms with Crippen LogP contribution in [0.2, 0.25) is 10.2 Å². The van der Waals surface area contributed by atoms with Crippen LogP contribution in [0, 0.1) is 5.92 Å². The van der Waals surface area contributed by atoms with Crippen LogP contribution in [0.15, 0.2) is 30.3 Å². The van der Waals surface area contributed by atoms with Crippen LogP contribution >= 0.6 is 23.2 Å². The van der Waals surface area contributed by atoms with Gasteiger partial charge in [0.1, 0.15) is 12.0 Å². The maximum absolute atomic E-state index is 12.7. The Morgan fingerprint density at radius 1 is 1.28 bits per heavy atom. The van der Waals surface area contributed by atoms with E-state index in [9.17, 15) is 28.2 Å². The van der Waals surface area contributed by atoms with Crippen molar-refractivity contribution in [2.75, 3.05) is 0 Å². The van der Waals surface area contributed by atoms with E-state index in [0.717, 1.165) is 0 Å². The van der Waals surface area contributed by atoms with Gasteiger partial charge in [-0.05, 0) is 25.0 Å². The summed E-state index contributed by atoms with van der Waals surface area (Å²) in [5.74, 6) is -1.69. The summed E-state index contributed by atoms with van der Waals surface area (Å²) in [6, 6.07) is 6.38. The summed E-state index contributed by atoms with van der Waals surface area (Å²) >= 11 is 11.6. The summed E-state index contributed by atoms with van der Waals surface area (Å²) in [5.41, 5.74) is 0.250. The Morgan fingerprint density at radius 2 is 2.00 bits per heavy atom. The maximum Gasteiger partial charge on any atom is 0.573 e. The largest absolute Gasteiger partial charge is 0.573 e. The lowest BCUT2D eigenvalue weighted by atomic mass is 10.0. The van der Waals surface area contributed by atoms with Gasteiger partial charge >= 0.3 is 6.36 Å². The van der Waals surface area contributed by atoms with Gasteiger partial charge in [-0.25, -0.2) is 4.98 Å². The Morgan fingerprint density at radius 3 is 2.69 bits per heavy atom. The average Bonchev–Trinajstić information content (AvgIpc) is 3.17. The van der Waals surface area contributed by atoms with Gasteiger partial charge < -0.3 is 20.3 Å². The smallest absolute Gasteiger partial charge is 0.504 e. The van der Waals surface area contributed by atoms with Crippen LogP contribution in [0.1, 0.15) is 36.7 Å². The van der Waals surface area contributed by atoms with Crippen molar-refractivity contribution < 1.29 is 32.9 Å². The van der Waals surface area contributed by atoms with E-state index in [1.54, 1.807) is 6.07 Å². The van der Waals surface area contributed by atoms with E-state index in [4.69, 9.17) is 23.2 Å². The summed E-state index contributed by atoms with van der Waals surface area (Å²) in [4.78, 5) is 16.6. The number of aromatic hydroxyl groups is 1. The number of rotatable bonds is 7. The molecule has 1 amide bonds. The molecule has 3 rings (SSSR count). The molecule has 1 heterocycles. The molecular formula is C20H20Cl2F3N3O4. The summed E-state index contributed by atoms with van der Waals surface area (Å²) in [6.07, 6.45) is -4.32. The summed E-state index contributed by atoms with van der Waals surface area (Å²) in [5, 5.41) is 25.2. The molecule has 0 saturated heterocycles. The number of alkyl halides is 3. The number of benzene rings is 1. The fourth-order valence-electron chi connectivity index (χ4n) is 3.58. The number of aromatic nitrogens is 1. The number of hydrogen-bond donors (Lipinski definition) is 4. The van der Waals surface area contributed by atoms with E-state index < -0.39 is 30.3 Å². The number of hydrogen-bond acceptors (Lipinski definition) is 6. The maximum atomic E-state index is 12.7. The van der Waals surface area contributed by atoms with Crippen molar-refractivity contribution in [2.24, 2.45) is 5.92 Å². The molecule has 1 aliphatic carbocycles. The van der Waals surface area contributed by atoms with Gasteiger partial charge in [0.05, 0.1) is 16.6 Å². The van der Waals surface area contributed by atoms with Crippen molar-refractivity contribution in [3.05, 3.63) is 51.8 Å². The number of halogens is 5. The molecule has 174 valence electrons. The zero-order valence-electron chi connectivity index (χ0n) is 16.5. The lowest BCUT2D eigenvalue weighted by molar-refractivity contribution is -0.274. The highest BCUT2D eigenvalue weighted by molar-refractivity contribution is 6.36. The predicted molar refractivity (Wildman–Crippen MR) is 110 cm³/mol. The summed E-state index contributed by atoms with van der Waals surface area (Å²) in [7, 11) is 0. The molecule has 3 unspecified atom stereocenters. The first-order valence-electron chi connectivity index (χ1n) is 9.65. The fraction of sp³-hybridized carbons (Fsp3) is 0.400. The van der Waals surface area contributed by atoms with Gasteiger partial charge in [-0.3, -0.25) is 10.1 Å². The van der Waals surface area contributed by atoms with E-state index in [1.165, 1.54) is 24.3 Å². The van der Waals surface area contributed by atoms with Crippen LogP contribution in [0.4, 0.5) is 13.2 Å². The monoisotopic (exact) mass is 493 g/mol. The minimum atomic E-state index is -4.84. The number of ether oxygens (including phenoxy) is 1. The molecule has 0 radical (unpaired) electrons. The van der Waals surface area contributed by atoms with Crippen molar-refractivity contribution in [1.29, 1.82) is 0 Å². The molecule has 1 saturated carbocycles. The molecule has 3 atom stereocenters. The number of carbonyl (C=O) groups is 1. The molecular weight excluding hydrogens is 474 g/mol. The number of carbonyl (C=O) groups excluding carboxylic acids is 1. The Balaban J connectivity index is 1.63. The van der Waals surface area contributed by atoms with E-state index >= 15 is 0 Å². The molecule has 12 heteroatoms. The minimum Gasteiger partial charge on any atom is -0.504 e. The molecule has 0 aliphatic heterocycles. The Labute approximate surface area is 191 Å². The second kappa shape index (κ2) is 10.1. The third-order valence-electron chi connectivity index (χ3n) is 5.08. The van der Waals surface area contributed by atoms with E-state index in [-0.39, 0.29) is 39.6 Å². The van der Waals surface area contributed by atoms with Crippen molar-refractivity contribution in [3.8, 4) is 11.5 Å². The normalized spacial score (nSPS) is 19.6. The van der Waals surface area contributed by atoms with Crippen molar-refractivity contribution in [1.82, 2.24) is 15.6 Å². The Bertz CT molecular complexity index is 954. The third kappa shape index (κ3) is 6.16. The van der Waals surface area contributed by atoms with Crippen LogP contribution in [0.3, 0.4) is 0 Å². The lowest BCUT2D eigenvalue weighted by Gasteiger charge is -2.24. The molecule has 2 aromatic rings. The number of nitrogens with one attached hydrogen (secondary N) is 2. The molecule has 1 aliphatic rings. The van der Waals surface area contributed by atoms with Crippen molar-refractivity contribution in [2.45, 2.75) is 44.4 Å². The van der Waals surface area contributed by atoms with Crippen molar-refractivity contribution >= 4 is 29.1 Å². The highest BCUT2D eigenvalue weighted by Gasteiger charge is 2.35. The van der Waals surface area contributed by atoms with Crippen LogP contribution in [0.25, 0.3) is 0 Å². The quantitative estimate of drug-likeness (QED) is 0.342. The van der Waals surface area contributed by atoms with Crippen LogP contribution < -0.4 is 15.4 Å². The number of pyridine rings is 1. The number of nitrogens with zero attached hydrogens (tertiary/aromatic N) is 1. The average molecular weight is 494 g/mol. The van der Waals surface area contributed by atoms with E-state index in [1.807, 2.05) is 0 Å². The number of amides is 1. The first-order valence-corrected chi connectivity index (χ1v) is 10.4. The Hall–Kier alpha value is -2.27. The Kier molecular flexibility index (Phi) is 7.71. The molecule has 7 nitrogen and oxygen atoms in total. The molecule has 0 spiro atoms. The highest BCUT2D eigenvalue weighted by Crippen LogP contribution is 2.33. The SMILES string of the molecule is O=C(NCc1ccccc1OC(F)(F)F)C1CCCC1NC(O)c1cc(Cl)c(O)c(Cl)n1. The molecule has 0 bridgehead atoms. The first-order chi connectivity index (χ1) is 15.0. The lowest BCUT2D eigenvalue weighted by Crippen LogP contribution is -2.43. The number of aliphatic hydroxyl groups is 1. The van der Waals surface area contributed by atoms with Gasteiger partial charge in [0.2, 0.25) is 5.91 Å². The second-order valence-electron chi connectivity index (χ2n) is 7.25. The summed E-state index contributed by atoms with van der Waals surface area (Å²) in [6.45, 7) is -0.151. The van der Waals surface area contributed by atoms with Gasteiger partial charge in [0.15, 0.2) is 10.9 Å². The van der Waals surface area contributed by atoms with Gasteiger partial charge in [-0.2, -0.15) is 0 Å². The first kappa shape index (κ1) is 24.4. The third-order valence-corrected chi connectivity index (χ3v) is 5.63. The molecule has 1 aromatic carbocycles. The van der Waals surface area contributed by atoms with Crippen molar-refractivity contribution in [3.63, 3.8) is 0 Å². The summed E-state index contributed by atoms with van der Waals surface area (Å²) < 4.78 is 41.7. The van der Waals surface area contributed by atoms with E-state index in [2.05, 4.69) is 20.4 Å². The second-order valence-corrected chi connectivity index (χ2v) is 8.02. The standard InChI is InChI=1S/C20H20Cl2F3N3O4/c21-12-8-14(27-17(22)16(12)29)19(31)28-13-6-3-5-11(13)18(30)26-9-10-4-1-2-7-15(10)32-20(23,24)25/h1-2,4,7-8,11,13,19,28-29,31H,3,5-6,9H2,(H,26,30). The van der Waals surface area contributed by atoms with Gasteiger partial charge in [-0.1, -0.05) is 47.8 Å². The van der Waals surface area contributed by atoms with Gasteiger partial charge in [0.25, 0.3) is 0 Å². The van der Waals surface area contributed by atoms with Crippen LogP contribution in [-0.2, 0) is 11.3 Å². The molecule has 1 fully saturated rings. The number of aliphatic hydroxyl groups excluding tert-OH is 1. The van der Waals surface area contributed by atoms with Crippen LogP contribution in [0.5, 0.6) is 11.5 Å². The zero-order chi connectivity index (χ0) is 23.5. The van der Waals surface area contributed by atoms with Gasteiger partial charge in [0, 0.05) is 18.2 Å². The molecule has 1 aromatic heterocycles. The number of para-hydroxylation sites is 1. The van der Waals surface area contributed by atoms with Gasteiger partial charge in [-0.15, -0.1) is 13.2 Å². The fourth-order valence-corrected chi connectivity index (χ4v) is 4.03. The molecule has 32 heavy (non-hydrogen) atoms. The molecule has 4 N–H and O–H groups in total. The minimum absolute atomic E-state index is 0.0714. The van der Waals surface area contributed by atoms with Crippen LogP contribution in [-0.4, -0.2) is 33.5 Å². The topological polar surface area (TPSA) is 104 Å². The predicted octanol–water partition coefficient (Wildman–Crippen LogP) is 4.06.